The highest BCUT2D eigenvalue weighted by Gasteiger charge is 2.39. The van der Waals surface area contributed by atoms with Gasteiger partial charge in [0.2, 0.25) is 5.91 Å². The smallest absolute Gasteiger partial charge is 0.224 e. The largest absolute Gasteiger partial charge is 0.350 e. The molecule has 1 aromatic carbocycles. The number of halogens is 1. The van der Waals surface area contributed by atoms with E-state index in [-0.39, 0.29) is 23.8 Å². The summed E-state index contributed by atoms with van der Waals surface area (Å²) in [5.74, 6) is -0.0582. The zero-order valence-corrected chi connectivity index (χ0v) is 12.2. The molecule has 2 rings (SSSR count). The number of rotatable bonds is 3. The highest BCUT2D eigenvalue weighted by atomic mass is 35.5. The molecule has 0 bridgehead atoms. The molecule has 1 amide bonds. The molecular weight excluding hydrogens is 286 g/mol. The lowest BCUT2D eigenvalue weighted by Crippen LogP contribution is -2.47. The van der Waals surface area contributed by atoms with Crippen molar-refractivity contribution in [2.75, 3.05) is 11.5 Å². The van der Waals surface area contributed by atoms with E-state index in [2.05, 4.69) is 5.32 Å². The third kappa shape index (κ3) is 3.70. The maximum atomic E-state index is 12.0. The van der Waals surface area contributed by atoms with Gasteiger partial charge in [0.15, 0.2) is 9.84 Å². The first-order valence-corrected chi connectivity index (χ1v) is 8.24. The van der Waals surface area contributed by atoms with E-state index in [4.69, 9.17) is 11.6 Å². The Morgan fingerprint density at radius 1 is 1.42 bits per heavy atom. The number of amides is 1. The monoisotopic (exact) mass is 301 g/mol. The zero-order chi connectivity index (χ0) is 14.1. The fourth-order valence-corrected chi connectivity index (χ4v) is 4.60. The second kappa shape index (κ2) is 5.13. The van der Waals surface area contributed by atoms with E-state index in [9.17, 15) is 13.2 Å². The van der Waals surface area contributed by atoms with Crippen LogP contribution >= 0.6 is 11.6 Å². The molecule has 0 spiro atoms. The Balaban J connectivity index is 2.01. The Labute approximate surface area is 118 Å². The number of carbonyl (C=O) groups is 1. The number of sulfone groups is 1. The second-order valence-electron chi connectivity index (χ2n) is 5.22. The minimum Gasteiger partial charge on any atom is -0.350 e. The number of carbonyl (C=O) groups excluding carboxylic acids is 1. The van der Waals surface area contributed by atoms with Crippen molar-refractivity contribution in [3.8, 4) is 0 Å². The highest BCUT2D eigenvalue weighted by Crippen LogP contribution is 2.23. The van der Waals surface area contributed by atoms with Gasteiger partial charge in [-0.05, 0) is 25.0 Å². The first-order valence-electron chi connectivity index (χ1n) is 6.05. The Kier molecular flexibility index (Phi) is 3.87. The summed E-state index contributed by atoms with van der Waals surface area (Å²) in [5.41, 5.74) is 0.0862. The lowest BCUT2D eigenvalue weighted by atomic mass is 10.0. The van der Waals surface area contributed by atoms with Crippen LogP contribution in [0.2, 0.25) is 5.02 Å². The average molecular weight is 302 g/mol. The fourth-order valence-electron chi connectivity index (χ4n) is 2.30. The molecule has 4 nitrogen and oxygen atoms in total. The van der Waals surface area contributed by atoms with Crippen molar-refractivity contribution in [1.82, 2.24) is 5.32 Å². The van der Waals surface area contributed by atoms with Gasteiger partial charge in [-0.3, -0.25) is 4.79 Å². The molecular formula is C13H16ClNO3S. The molecule has 1 saturated heterocycles. The van der Waals surface area contributed by atoms with Gasteiger partial charge in [-0.15, -0.1) is 0 Å². The van der Waals surface area contributed by atoms with Gasteiger partial charge < -0.3 is 5.32 Å². The average Bonchev–Trinajstić information content (AvgIpc) is 2.56. The van der Waals surface area contributed by atoms with E-state index in [0.29, 0.717) is 11.4 Å². The van der Waals surface area contributed by atoms with E-state index in [0.717, 1.165) is 5.56 Å². The van der Waals surface area contributed by atoms with Gasteiger partial charge in [0, 0.05) is 5.02 Å². The van der Waals surface area contributed by atoms with Crippen LogP contribution in [0.5, 0.6) is 0 Å². The third-order valence-corrected chi connectivity index (χ3v) is 5.53. The maximum Gasteiger partial charge on any atom is 0.224 e. The minimum atomic E-state index is -3.02. The van der Waals surface area contributed by atoms with Crippen LogP contribution in [0.1, 0.15) is 18.9 Å². The summed E-state index contributed by atoms with van der Waals surface area (Å²) in [4.78, 5) is 12.0. The molecule has 0 aromatic heterocycles. The van der Waals surface area contributed by atoms with Crippen LogP contribution in [0.3, 0.4) is 0 Å². The van der Waals surface area contributed by atoms with Gasteiger partial charge in [0.05, 0.1) is 23.5 Å². The lowest BCUT2D eigenvalue weighted by molar-refractivity contribution is -0.121. The van der Waals surface area contributed by atoms with E-state index in [1.54, 1.807) is 25.1 Å². The van der Waals surface area contributed by atoms with Crippen molar-refractivity contribution >= 4 is 27.3 Å². The van der Waals surface area contributed by atoms with Crippen molar-refractivity contribution in [2.24, 2.45) is 0 Å². The standard InChI is InChI=1S/C13H16ClNO3S/c1-13(6-7-19(17,18)9-13)15-12(16)8-10-4-2-3-5-11(10)14/h2-5H,6-9H2,1H3,(H,15,16). The molecule has 1 unspecified atom stereocenters. The Bertz CT molecular complexity index is 600. The van der Waals surface area contributed by atoms with Crippen molar-refractivity contribution in [1.29, 1.82) is 0 Å². The summed E-state index contributed by atoms with van der Waals surface area (Å²) in [6.45, 7) is 1.77. The number of nitrogens with one attached hydrogen (secondary N) is 1. The van der Waals surface area contributed by atoms with Crippen LogP contribution in [0.25, 0.3) is 0 Å². The van der Waals surface area contributed by atoms with E-state index < -0.39 is 15.4 Å². The predicted octanol–water partition coefficient (Wildman–Crippen LogP) is 1.58. The summed E-state index contributed by atoms with van der Waals surface area (Å²) >= 11 is 5.99. The predicted molar refractivity (Wildman–Crippen MR) is 75.0 cm³/mol. The summed E-state index contributed by atoms with van der Waals surface area (Å²) < 4.78 is 22.9. The summed E-state index contributed by atoms with van der Waals surface area (Å²) in [6, 6.07) is 7.13. The van der Waals surface area contributed by atoms with Crippen molar-refractivity contribution in [3.05, 3.63) is 34.9 Å². The van der Waals surface area contributed by atoms with Crippen molar-refractivity contribution < 1.29 is 13.2 Å². The van der Waals surface area contributed by atoms with E-state index >= 15 is 0 Å². The molecule has 19 heavy (non-hydrogen) atoms. The normalized spacial score (nSPS) is 25.2. The van der Waals surface area contributed by atoms with Crippen LogP contribution in [-0.2, 0) is 21.1 Å². The molecule has 1 heterocycles. The SMILES string of the molecule is CC1(NC(=O)Cc2ccccc2Cl)CCS(=O)(=O)C1. The summed E-state index contributed by atoms with van der Waals surface area (Å²) in [6.07, 6.45) is 0.624. The van der Waals surface area contributed by atoms with Crippen molar-refractivity contribution in [3.63, 3.8) is 0 Å². The third-order valence-electron chi connectivity index (χ3n) is 3.25. The molecule has 0 saturated carbocycles. The highest BCUT2D eigenvalue weighted by molar-refractivity contribution is 7.91. The number of hydrogen-bond donors (Lipinski definition) is 1. The molecule has 1 fully saturated rings. The minimum absolute atomic E-state index is 0.00820. The molecule has 104 valence electrons. The van der Waals surface area contributed by atoms with Crippen LogP contribution < -0.4 is 5.32 Å². The molecule has 0 radical (unpaired) electrons. The Morgan fingerprint density at radius 3 is 2.68 bits per heavy atom. The first-order chi connectivity index (χ1) is 8.80. The van der Waals surface area contributed by atoms with Gasteiger partial charge >= 0.3 is 0 Å². The molecule has 1 N–H and O–H groups in total. The van der Waals surface area contributed by atoms with Crippen LogP contribution in [-0.4, -0.2) is 31.4 Å². The van der Waals surface area contributed by atoms with Gasteiger partial charge in [-0.2, -0.15) is 0 Å². The first kappa shape index (κ1) is 14.3. The number of benzene rings is 1. The van der Waals surface area contributed by atoms with Crippen LogP contribution in [0.15, 0.2) is 24.3 Å². The molecule has 6 heteroatoms. The summed E-state index contributed by atoms with van der Waals surface area (Å²) in [7, 11) is -3.02. The quantitative estimate of drug-likeness (QED) is 0.922. The second-order valence-corrected chi connectivity index (χ2v) is 7.81. The van der Waals surface area contributed by atoms with Crippen LogP contribution in [0, 0.1) is 0 Å². The fraction of sp³-hybridized carbons (Fsp3) is 0.462. The van der Waals surface area contributed by atoms with Crippen molar-refractivity contribution in [2.45, 2.75) is 25.3 Å². The molecule has 0 aliphatic carbocycles. The Hall–Kier alpha value is -1.07. The van der Waals surface area contributed by atoms with Crippen LogP contribution in [0.4, 0.5) is 0 Å². The van der Waals surface area contributed by atoms with E-state index in [1.165, 1.54) is 0 Å². The lowest BCUT2D eigenvalue weighted by Gasteiger charge is -2.24. The maximum absolute atomic E-state index is 12.0. The zero-order valence-electron chi connectivity index (χ0n) is 10.6. The Morgan fingerprint density at radius 2 is 2.11 bits per heavy atom. The van der Waals surface area contributed by atoms with Gasteiger partial charge in [-0.1, -0.05) is 29.8 Å². The van der Waals surface area contributed by atoms with Gasteiger partial charge in [0.25, 0.3) is 0 Å². The van der Waals surface area contributed by atoms with Gasteiger partial charge in [-0.25, -0.2) is 8.42 Å². The van der Waals surface area contributed by atoms with E-state index in [1.807, 2.05) is 6.07 Å². The molecule has 1 aromatic rings. The summed E-state index contributed by atoms with van der Waals surface area (Å²) in [5, 5.41) is 3.35. The molecule has 1 atom stereocenters. The van der Waals surface area contributed by atoms with Gasteiger partial charge in [0.1, 0.15) is 0 Å². The topological polar surface area (TPSA) is 63.2 Å². The molecule has 1 aliphatic heterocycles. The molecule has 1 aliphatic rings. The number of hydrogen-bond acceptors (Lipinski definition) is 3.